The van der Waals surface area contributed by atoms with Crippen LogP contribution in [0.2, 0.25) is 0 Å². The van der Waals surface area contributed by atoms with Crippen LogP contribution in [-0.2, 0) is 9.53 Å². The van der Waals surface area contributed by atoms with Gasteiger partial charge in [-0.3, -0.25) is 4.79 Å². The summed E-state index contributed by atoms with van der Waals surface area (Å²) in [6.07, 6.45) is 6.02. The predicted octanol–water partition coefficient (Wildman–Crippen LogP) is 4.27. The molecule has 0 saturated heterocycles. The highest BCUT2D eigenvalue weighted by molar-refractivity contribution is 7.12. The Morgan fingerprint density at radius 3 is 2.62 bits per heavy atom. The fourth-order valence-corrected chi connectivity index (χ4v) is 4.69. The molecule has 1 aliphatic rings. The van der Waals surface area contributed by atoms with E-state index in [-0.39, 0.29) is 17.4 Å². The van der Waals surface area contributed by atoms with Gasteiger partial charge in [-0.15, -0.1) is 11.3 Å². The Hall–Kier alpha value is -0.870. The van der Waals surface area contributed by atoms with Crippen LogP contribution in [0.3, 0.4) is 0 Å². The summed E-state index contributed by atoms with van der Waals surface area (Å²) in [5, 5.41) is 0. The summed E-state index contributed by atoms with van der Waals surface area (Å²) in [7, 11) is 0. The van der Waals surface area contributed by atoms with E-state index in [1.807, 2.05) is 6.92 Å². The SMILES string of the molecule is CCOC(=O)CC1(CC(N)c2cc(C)sc2C)CCCC1. The normalized spacial score (nSPS) is 18.7. The van der Waals surface area contributed by atoms with E-state index in [1.165, 1.54) is 28.2 Å². The molecule has 1 atom stereocenters. The zero-order valence-electron chi connectivity index (χ0n) is 13.4. The van der Waals surface area contributed by atoms with Crippen molar-refractivity contribution in [3.8, 4) is 0 Å². The van der Waals surface area contributed by atoms with E-state index in [4.69, 9.17) is 10.5 Å². The highest BCUT2D eigenvalue weighted by atomic mass is 32.1. The summed E-state index contributed by atoms with van der Waals surface area (Å²) in [4.78, 5) is 14.6. The minimum Gasteiger partial charge on any atom is -0.466 e. The molecule has 0 spiro atoms. The second-order valence-corrected chi connectivity index (χ2v) is 7.83. The third-order valence-electron chi connectivity index (χ3n) is 4.62. The van der Waals surface area contributed by atoms with Crippen molar-refractivity contribution in [2.24, 2.45) is 11.1 Å². The molecule has 21 heavy (non-hydrogen) atoms. The summed E-state index contributed by atoms with van der Waals surface area (Å²) >= 11 is 1.80. The van der Waals surface area contributed by atoms with E-state index in [0.29, 0.717) is 13.0 Å². The Morgan fingerprint density at radius 2 is 2.10 bits per heavy atom. The van der Waals surface area contributed by atoms with Gasteiger partial charge in [-0.1, -0.05) is 12.8 Å². The van der Waals surface area contributed by atoms with Gasteiger partial charge in [0.05, 0.1) is 13.0 Å². The van der Waals surface area contributed by atoms with Gasteiger partial charge in [-0.25, -0.2) is 0 Å². The van der Waals surface area contributed by atoms with Gasteiger partial charge in [0.15, 0.2) is 0 Å². The zero-order chi connectivity index (χ0) is 15.5. The number of ether oxygens (including phenoxy) is 1. The highest BCUT2D eigenvalue weighted by Crippen LogP contribution is 2.47. The van der Waals surface area contributed by atoms with Gasteiger partial charge >= 0.3 is 5.97 Å². The number of thiophene rings is 1. The highest BCUT2D eigenvalue weighted by Gasteiger charge is 2.38. The number of hydrogen-bond acceptors (Lipinski definition) is 4. The smallest absolute Gasteiger partial charge is 0.306 e. The largest absolute Gasteiger partial charge is 0.466 e. The molecular weight excluding hydrogens is 282 g/mol. The first-order valence-electron chi connectivity index (χ1n) is 7.94. The third kappa shape index (κ3) is 4.07. The number of hydrogen-bond donors (Lipinski definition) is 1. The van der Waals surface area contributed by atoms with E-state index in [2.05, 4.69) is 19.9 Å². The summed E-state index contributed by atoms with van der Waals surface area (Å²) in [5.41, 5.74) is 7.79. The lowest BCUT2D eigenvalue weighted by atomic mass is 9.76. The Kier molecular flexibility index (Phi) is 5.44. The first kappa shape index (κ1) is 16.5. The molecule has 0 amide bonds. The number of aryl methyl sites for hydroxylation is 2. The van der Waals surface area contributed by atoms with Crippen LogP contribution in [0, 0.1) is 19.3 Å². The minimum absolute atomic E-state index is 0.0301. The van der Waals surface area contributed by atoms with Gasteiger partial charge in [-0.05, 0) is 57.1 Å². The first-order chi connectivity index (χ1) is 9.96. The molecule has 2 rings (SSSR count). The summed E-state index contributed by atoms with van der Waals surface area (Å²) in [5.74, 6) is -0.0650. The first-order valence-corrected chi connectivity index (χ1v) is 8.75. The molecule has 1 unspecified atom stereocenters. The monoisotopic (exact) mass is 309 g/mol. The van der Waals surface area contributed by atoms with Gasteiger partial charge in [0.25, 0.3) is 0 Å². The Balaban J connectivity index is 2.08. The quantitative estimate of drug-likeness (QED) is 0.798. The fourth-order valence-electron chi connectivity index (χ4n) is 3.69. The van der Waals surface area contributed by atoms with E-state index >= 15 is 0 Å². The van der Waals surface area contributed by atoms with Crippen molar-refractivity contribution in [1.82, 2.24) is 0 Å². The summed E-state index contributed by atoms with van der Waals surface area (Å²) in [6.45, 7) is 6.59. The molecule has 1 fully saturated rings. The molecule has 1 aliphatic carbocycles. The maximum absolute atomic E-state index is 11.9. The van der Waals surface area contributed by atoms with Gasteiger partial charge in [0, 0.05) is 15.8 Å². The number of carbonyl (C=O) groups excluding carboxylic acids is 1. The van der Waals surface area contributed by atoms with Crippen LogP contribution >= 0.6 is 11.3 Å². The molecule has 4 heteroatoms. The van der Waals surface area contributed by atoms with Crippen LogP contribution in [0.4, 0.5) is 0 Å². The third-order valence-corrected chi connectivity index (χ3v) is 5.60. The van der Waals surface area contributed by atoms with E-state index in [0.717, 1.165) is 19.3 Å². The fraction of sp³-hybridized carbons (Fsp3) is 0.706. The molecule has 0 radical (unpaired) electrons. The van der Waals surface area contributed by atoms with E-state index < -0.39 is 0 Å². The van der Waals surface area contributed by atoms with Crippen molar-refractivity contribution in [1.29, 1.82) is 0 Å². The van der Waals surface area contributed by atoms with Crippen molar-refractivity contribution < 1.29 is 9.53 Å². The molecule has 0 aromatic carbocycles. The van der Waals surface area contributed by atoms with Crippen molar-refractivity contribution in [2.45, 2.75) is 65.3 Å². The second kappa shape index (κ2) is 6.93. The predicted molar refractivity (Wildman–Crippen MR) is 87.5 cm³/mol. The molecule has 118 valence electrons. The Morgan fingerprint density at radius 1 is 1.43 bits per heavy atom. The Bertz CT molecular complexity index is 489. The topological polar surface area (TPSA) is 52.3 Å². The molecule has 2 N–H and O–H groups in total. The van der Waals surface area contributed by atoms with Crippen molar-refractivity contribution in [3.05, 3.63) is 21.4 Å². The van der Waals surface area contributed by atoms with Gasteiger partial charge in [-0.2, -0.15) is 0 Å². The lowest BCUT2D eigenvalue weighted by molar-refractivity contribution is -0.146. The van der Waals surface area contributed by atoms with Crippen molar-refractivity contribution in [2.75, 3.05) is 6.61 Å². The molecular formula is C17H27NO2S. The van der Waals surface area contributed by atoms with Crippen LogP contribution in [0.5, 0.6) is 0 Å². The van der Waals surface area contributed by atoms with Crippen LogP contribution in [0.15, 0.2) is 6.07 Å². The maximum Gasteiger partial charge on any atom is 0.306 e. The lowest BCUT2D eigenvalue weighted by Crippen LogP contribution is -2.28. The molecule has 3 nitrogen and oxygen atoms in total. The van der Waals surface area contributed by atoms with Crippen LogP contribution in [-0.4, -0.2) is 12.6 Å². The standard InChI is InChI=1S/C17H27NO2S/c1-4-20-16(19)11-17(7-5-6-8-17)10-15(18)14-9-12(2)21-13(14)3/h9,15H,4-8,10-11,18H2,1-3H3. The second-order valence-electron chi connectivity index (χ2n) is 6.37. The lowest BCUT2D eigenvalue weighted by Gasteiger charge is -2.31. The Labute approximate surface area is 131 Å². The van der Waals surface area contributed by atoms with E-state index in [1.54, 1.807) is 11.3 Å². The summed E-state index contributed by atoms with van der Waals surface area (Å²) < 4.78 is 5.17. The molecule has 1 heterocycles. The average Bonchev–Trinajstić information content (AvgIpc) is 2.96. The number of rotatable bonds is 6. The van der Waals surface area contributed by atoms with Crippen LogP contribution in [0.25, 0.3) is 0 Å². The van der Waals surface area contributed by atoms with Gasteiger partial charge in [0.2, 0.25) is 0 Å². The maximum atomic E-state index is 11.9. The average molecular weight is 309 g/mol. The van der Waals surface area contributed by atoms with Crippen molar-refractivity contribution in [3.63, 3.8) is 0 Å². The zero-order valence-corrected chi connectivity index (χ0v) is 14.2. The van der Waals surface area contributed by atoms with Gasteiger partial charge < -0.3 is 10.5 Å². The van der Waals surface area contributed by atoms with Crippen molar-refractivity contribution >= 4 is 17.3 Å². The molecule has 1 aromatic rings. The molecule has 0 aliphatic heterocycles. The molecule has 1 saturated carbocycles. The van der Waals surface area contributed by atoms with Crippen LogP contribution in [0.1, 0.15) is 66.8 Å². The number of esters is 1. The van der Waals surface area contributed by atoms with Gasteiger partial charge in [0.1, 0.15) is 0 Å². The van der Waals surface area contributed by atoms with Crippen LogP contribution < -0.4 is 5.73 Å². The number of nitrogens with two attached hydrogens (primary N) is 1. The molecule has 1 aromatic heterocycles. The summed E-state index contributed by atoms with van der Waals surface area (Å²) in [6, 6.07) is 2.24. The minimum atomic E-state index is -0.0650. The number of carbonyl (C=O) groups is 1. The molecule has 0 bridgehead atoms. The van der Waals surface area contributed by atoms with E-state index in [9.17, 15) is 4.79 Å².